The highest BCUT2D eigenvalue weighted by Gasteiger charge is 2.31. The number of likely N-dealkylation sites (tertiary alicyclic amines) is 1. The van der Waals surface area contributed by atoms with Gasteiger partial charge in [0, 0.05) is 36.6 Å². The topological polar surface area (TPSA) is 55.7 Å². The molecule has 9 heteroatoms. The molecule has 2 heterocycles. The number of aromatic nitrogens is 1. The van der Waals surface area contributed by atoms with Gasteiger partial charge in [0.1, 0.15) is 5.75 Å². The molecule has 182 valence electrons. The molecule has 1 amide bonds. The fraction of sp³-hybridized carbons (Fsp3) is 0.400. The molecule has 0 spiro atoms. The van der Waals surface area contributed by atoms with Gasteiger partial charge in [0.25, 0.3) is 0 Å². The summed E-state index contributed by atoms with van der Waals surface area (Å²) >= 11 is 0. The van der Waals surface area contributed by atoms with Crippen LogP contribution in [0.15, 0.2) is 54.6 Å². The van der Waals surface area contributed by atoms with Gasteiger partial charge >= 0.3 is 12.5 Å². The molecular formula is C25H28F3N3O3. The number of hydrogen-bond donors (Lipinski definition) is 1. The van der Waals surface area contributed by atoms with Crippen LogP contribution in [-0.2, 0) is 6.54 Å². The Balaban J connectivity index is 1.47. The first-order valence-electron chi connectivity index (χ1n) is 11.3. The average molecular weight is 476 g/mol. The highest BCUT2D eigenvalue weighted by atomic mass is 19.4. The van der Waals surface area contributed by atoms with Crippen molar-refractivity contribution in [2.75, 3.05) is 13.1 Å². The Morgan fingerprint density at radius 2 is 1.76 bits per heavy atom. The van der Waals surface area contributed by atoms with E-state index in [1.54, 1.807) is 18.2 Å². The van der Waals surface area contributed by atoms with E-state index in [0.29, 0.717) is 18.5 Å². The molecule has 3 aromatic rings. The number of nitrogens with one attached hydrogen (secondary N) is 1. The molecule has 6 nitrogen and oxygen atoms in total. The van der Waals surface area contributed by atoms with Crippen molar-refractivity contribution in [1.29, 1.82) is 0 Å². The number of ether oxygens (including phenoxy) is 2. The highest BCUT2D eigenvalue weighted by Crippen LogP contribution is 2.28. The van der Waals surface area contributed by atoms with Crippen LogP contribution in [0.1, 0.15) is 32.3 Å². The lowest BCUT2D eigenvalue weighted by molar-refractivity contribution is -0.274. The van der Waals surface area contributed by atoms with Crippen LogP contribution in [0.25, 0.3) is 10.9 Å². The summed E-state index contributed by atoms with van der Waals surface area (Å²) in [4.78, 5) is 15.1. The number of amides is 1. The van der Waals surface area contributed by atoms with Gasteiger partial charge in [0.2, 0.25) is 5.88 Å². The van der Waals surface area contributed by atoms with Crippen LogP contribution in [0.5, 0.6) is 11.6 Å². The summed E-state index contributed by atoms with van der Waals surface area (Å²) in [6.07, 6.45) is -3.52. The predicted molar refractivity (Wildman–Crippen MR) is 123 cm³/mol. The number of piperidine rings is 1. The molecule has 4 rings (SSSR count). The standard InChI is InChI=1S/C25H28F3N3O3/c1-17(2)30-13-11-20(12-14-30)29-24(32)33-23-15-19-5-3-4-6-22(19)31(23)16-18-7-9-21(10-8-18)34-25(26,27)28/h3-10,15,17,20H,11-14,16H2,1-2H3,(H,29,32). The van der Waals surface area contributed by atoms with Crippen molar-refractivity contribution < 1.29 is 27.4 Å². The number of fused-ring (bicyclic) bond motifs is 1. The molecule has 0 atom stereocenters. The van der Waals surface area contributed by atoms with E-state index in [9.17, 15) is 18.0 Å². The summed E-state index contributed by atoms with van der Waals surface area (Å²) in [5.74, 6) is 0.0851. The normalized spacial score (nSPS) is 15.6. The van der Waals surface area contributed by atoms with Crippen LogP contribution in [0, 0.1) is 0 Å². The predicted octanol–water partition coefficient (Wildman–Crippen LogP) is 5.55. The summed E-state index contributed by atoms with van der Waals surface area (Å²) in [5, 5.41) is 3.86. The van der Waals surface area contributed by atoms with Crippen LogP contribution in [-0.4, -0.2) is 47.1 Å². The van der Waals surface area contributed by atoms with Crippen molar-refractivity contribution in [1.82, 2.24) is 14.8 Å². The van der Waals surface area contributed by atoms with Crippen LogP contribution >= 0.6 is 0 Å². The first-order valence-corrected chi connectivity index (χ1v) is 11.3. The van der Waals surface area contributed by atoms with E-state index in [1.165, 1.54) is 12.1 Å². The number of halogens is 3. The van der Waals surface area contributed by atoms with Crippen LogP contribution < -0.4 is 14.8 Å². The molecule has 1 aromatic heterocycles. The molecule has 1 N–H and O–H groups in total. The molecule has 1 aliphatic rings. The molecular weight excluding hydrogens is 447 g/mol. The number of para-hydroxylation sites is 1. The molecule has 0 unspecified atom stereocenters. The fourth-order valence-corrected chi connectivity index (χ4v) is 4.26. The Hall–Kier alpha value is -3.20. The quantitative estimate of drug-likeness (QED) is 0.508. The molecule has 0 bridgehead atoms. The largest absolute Gasteiger partial charge is 0.573 e. The first kappa shape index (κ1) is 23.9. The van der Waals surface area contributed by atoms with Gasteiger partial charge in [-0.3, -0.25) is 0 Å². The maximum Gasteiger partial charge on any atom is 0.573 e. The number of carbonyl (C=O) groups excluding carboxylic acids is 1. The minimum Gasteiger partial charge on any atom is -0.406 e. The van der Waals surface area contributed by atoms with E-state index >= 15 is 0 Å². The minimum atomic E-state index is -4.74. The van der Waals surface area contributed by atoms with Gasteiger partial charge in [-0.1, -0.05) is 30.3 Å². The zero-order valence-corrected chi connectivity index (χ0v) is 19.1. The highest BCUT2D eigenvalue weighted by molar-refractivity contribution is 5.83. The van der Waals surface area contributed by atoms with Gasteiger partial charge in [-0.2, -0.15) is 0 Å². The Kier molecular flexibility index (Phi) is 7.02. The van der Waals surface area contributed by atoms with Crippen molar-refractivity contribution in [3.63, 3.8) is 0 Å². The van der Waals surface area contributed by atoms with Crippen molar-refractivity contribution in [2.24, 2.45) is 0 Å². The van der Waals surface area contributed by atoms with Gasteiger partial charge in [-0.15, -0.1) is 13.2 Å². The second-order valence-corrected chi connectivity index (χ2v) is 8.76. The lowest BCUT2D eigenvalue weighted by Crippen LogP contribution is -2.47. The number of nitrogens with zero attached hydrogens (tertiary/aromatic N) is 2. The Morgan fingerprint density at radius 3 is 2.41 bits per heavy atom. The van der Waals surface area contributed by atoms with Crippen molar-refractivity contribution in [3.8, 4) is 11.6 Å². The molecule has 2 aromatic carbocycles. The monoisotopic (exact) mass is 475 g/mol. The number of benzene rings is 2. The summed E-state index contributed by atoms with van der Waals surface area (Å²) in [6.45, 7) is 6.50. The van der Waals surface area contributed by atoms with Gasteiger partial charge in [0.05, 0.1) is 12.1 Å². The van der Waals surface area contributed by atoms with Gasteiger partial charge in [-0.05, 0) is 50.5 Å². The van der Waals surface area contributed by atoms with Crippen molar-refractivity contribution in [3.05, 3.63) is 60.2 Å². The third-order valence-electron chi connectivity index (χ3n) is 6.05. The second-order valence-electron chi connectivity index (χ2n) is 8.76. The number of hydrogen-bond acceptors (Lipinski definition) is 4. The van der Waals surface area contributed by atoms with E-state index in [1.807, 2.05) is 28.8 Å². The van der Waals surface area contributed by atoms with Crippen LogP contribution in [0.3, 0.4) is 0 Å². The summed E-state index contributed by atoms with van der Waals surface area (Å²) in [7, 11) is 0. The third kappa shape index (κ3) is 6.02. The number of rotatable bonds is 6. The summed E-state index contributed by atoms with van der Waals surface area (Å²) in [6, 6.07) is 15.6. The average Bonchev–Trinajstić information content (AvgIpc) is 3.11. The number of alkyl halides is 3. The molecule has 34 heavy (non-hydrogen) atoms. The maximum atomic E-state index is 12.7. The zero-order chi connectivity index (χ0) is 24.3. The van der Waals surface area contributed by atoms with E-state index in [0.717, 1.165) is 42.4 Å². The van der Waals surface area contributed by atoms with E-state index in [2.05, 4.69) is 28.8 Å². The van der Waals surface area contributed by atoms with Crippen molar-refractivity contribution in [2.45, 2.75) is 51.7 Å². The molecule has 0 aliphatic carbocycles. The SMILES string of the molecule is CC(C)N1CCC(NC(=O)Oc2cc3ccccc3n2Cc2ccc(OC(F)(F)F)cc2)CC1. The molecule has 1 saturated heterocycles. The van der Waals surface area contributed by atoms with E-state index < -0.39 is 12.5 Å². The second kappa shape index (κ2) is 9.97. The van der Waals surface area contributed by atoms with Crippen LogP contribution in [0.4, 0.5) is 18.0 Å². The van der Waals surface area contributed by atoms with Gasteiger partial charge in [0.15, 0.2) is 0 Å². The Labute approximate surface area is 196 Å². The van der Waals surface area contributed by atoms with Gasteiger partial charge in [-0.25, -0.2) is 4.79 Å². The minimum absolute atomic E-state index is 0.0569. The molecule has 0 saturated carbocycles. The smallest absolute Gasteiger partial charge is 0.406 e. The lowest BCUT2D eigenvalue weighted by Gasteiger charge is -2.34. The number of carbonyl (C=O) groups is 1. The molecule has 0 radical (unpaired) electrons. The zero-order valence-electron chi connectivity index (χ0n) is 19.1. The first-order chi connectivity index (χ1) is 16.2. The lowest BCUT2D eigenvalue weighted by atomic mass is 10.0. The maximum absolute atomic E-state index is 12.7. The van der Waals surface area contributed by atoms with Gasteiger partial charge < -0.3 is 24.3 Å². The fourth-order valence-electron chi connectivity index (χ4n) is 4.26. The Bertz CT molecular complexity index is 1120. The van der Waals surface area contributed by atoms with E-state index in [4.69, 9.17) is 4.74 Å². The molecule has 1 fully saturated rings. The summed E-state index contributed by atoms with van der Waals surface area (Å²) < 4.78 is 48.8. The van der Waals surface area contributed by atoms with Crippen LogP contribution in [0.2, 0.25) is 0 Å². The Morgan fingerprint density at radius 1 is 1.09 bits per heavy atom. The third-order valence-corrected chi connectivity index (χ3v) is 6.05. The summed E-state index contributed by atoms with van der Waals surface area (Å²) in [5.41, 5.74) is 1.59. The molecule has 1 aliphatic heterocycles. The van der Waals surface area contributed by atoms with E-state index in [-0.39, 0.29) is 11.8 Å². The van der Waals surface area contributed by atoms with Crippen molar-refractivity contribution >= 4 is 17.0 Å².